The van der Waals surface area contributed by atoms with Gasteiger partial charge in [-0.3, -0.25) is 4.79 Å². The first kappa shape index (κ1) is 17.7. The van der Waals surface area contributed by atoms with E-state index in [0.29, 0.717) is 11.1 Å². The van der Waals surface area contributed by atoms with Crippen LogP contribution in [0.4, 0.5) is 5.82 Å². The molecule has 7 nitrogen and oxygen atoms in total. The molecule has 2 aliphatic rings. The summed E-state index contributed by atoms with van der Waals surface area (Å²) in [6.07, 6.45) is 4.44. The number of likely N-dealkylation sites (tertiary alicyclic amines) is 1. The number of hydrogen-bond acceptors (Lipinski definition) is 4. The van der Waals surface area contributed by atoms with Crippen LogP contribution in [0.25, 0.3) is 0 Å². The highest BCUT2D eigenvalue weighted by Crippen LogP contribution is 2.39. The maximum absolute atomic E-state index is 12.6. The van der Waals surface area contributed by atoms with E-state index in [1.54, 1.807) is 13.1 Å². The van der Waals surface area contributed by atoms with E-state index in [1.165, 1.54) is 23.5 Å². The number of rotatable bonds is 2. The van der Waals surface area contributed by atoms with Gasteiger partial charge in [0.25, 0.3) is 5.91 Å². The lowest BCUT2D eigenvalue weighted by atomic mass is 9.71. The van der Waals surface area contributed by atoms with Gasteiger partial charge in [-0.15, -0.1) is 12.4 Å². The molecule has 2 saturated heterocycles. The summed E-state index contributed by atoms with van der Waals surface area (Å²) >= 11 is 0. The molecule has 1 N–H and O–H groups in total. The molecule has 0 bridgehead atoms. The normalized spacial score (nSPS) is 20.1. The largest absolute Gasteiger partial charge is 0.358 e. The van der Waals surface area contributed by atoms with Gasteiger partial charge in [0.2, 0.25) is 0 Å². The molecule has 1 aromatic heterocycles. The fourth-order valence-corrected chi connectivity index (χ4v) is 3.70. The summed E-state index contributed by atoms with van der Waals surface area (Å²) in [5, 5.41) is 14.3. The first-order valence-electron chi connectivity index (χ1n) is 7.83. The second-order valence-electron chi connectivity index (χ2n) is 6.44. The van der Waals surface area contributed by atoms with Crippen LogP contribution < -0.4 is 5.32 Å². The third-order valence-electron chi connectivity index (χ3n) is 5.28. The molecule has 1 aromatic rings. The van der Waals surface area contributed by atoms with Gasteiger partial charge in [0.05, 0.1) is 7.05 Å². The lowest BCUT2D eigenvalue weighted by molar-refractivity contribution is -0.391. The van der Waals surface area contributed by atoms with Crippen LogP contribution in [0.2, 0.25) is 0 Å². The number of halogens is 1. The molecule has 0 radical (unpaired) electrons. The quantitative estimate of drug-likeness (QED) is 0.658. The van der Waals surface area contributed by atoms with E-state index >= 15 is 0 Å². The van der Waals surface area contributed by atoms with Gasteiger partial charge in [-0.05, 0) is 55.2 Å². The molecule has 0 aliphatic carbocycles. The molecule has 2 aliphatic heterocycles. The summed E-state index contributed by atoms with van der Waals surface area (Å²) in [4.78, 5) is 24.9. The van der Waals surface area contributed by atoms with Gasteiger partial charge in [-0.1, -0.05) is 0 Å². The SMILES string of the molecule is Cl.Cn1c(C(=O)N2CCC3(CCNCC3)CC2)ccc1[N+](=O)[O-]. The standard InChI is InChI=1S/C15H22N4O3.ClH/c1-17-12(2-3-13(17)19(21)22)14(20)18-10-6-15(7-11-18)4-8-16-9-5-15;/h2-3,16H,4-11H2,1H3;1H. The zero-order valence-corrected chi connectivity index (χ0v) is 14.1. The Morgan fingerprint density at radius 3 is 2.35 bits per heavy atom. The van der Waals surface area contributed by atoms with Gasteiger partial charge in [0.15, 0.2) is 5.69 Å². The molecule has 3 heterocycles. The average Bonchev–Trinajstić information content (AvgIpc) is 2.90. The van der Waals surface area contributed by atoms with Crippen molar-refractivity contribution in [3.63, 3.8) is 0 Å². The van der Waals surface area contributed by atoms with Crippen molar-refractivity contribution in [3.8, 4) is 0 Å². The minimum atomic E-state index is -0.461. The molecule has 128 valence electrons. The van der Waals surface area contributed by atoms with Crippen molar-refractivity contribution in [2.75, 3.05) is 26.2 Å². The minimum Gasteiger partial charge on any atom is -0.358 e. The first-order chi connectivity index (χ1) is 10.5. The van der Waals surface area contributed by atoms with Gasteiger partial charge >= 0.3 is 5.82 Å². The summed E-state index contributed by atoms with van der Waals surface area (Å²) < 4.78 is 1.37. The fourth-order valence-electron chi connectivity index (χ4n) is 3.70. The van der Waals surface area contributed by atoms with E-state index in [4.69, 9.17) is 0 Å². The number of piperidine rings is 2. The van der Waals surface area contributed by atoms with E-state index in [0.717, 1.165) is 39.0 Å². The van der Waals surface area contributed by atoms with Crippen molar-refractivity contribution in [1.29, 1.82) is 0 Å². The van der Waals surface area contributed by atoms with E-state index < -0.39 is 4.92 Å². The van der Waals surface area contributed by atoms with Crippen LogP contribution in [0.15, 0.2) is 12.1 Å². The van der Waals surface area contributed by atoms with Gasteiger partial charge in [0, 0.05) is 19.2 Å². The summed E-state index contributed by atoms with van der Waals surface area (Å²) in [5.41, 5.74) is 0.787. The Morgan fingerprint density at radius 2 is 1.83 bits per heavy atom. The second-order valence-corrected chi connectivity index (χ2v) is 6.44. The van der Waals surface area contributed by atoms with Crippen LogP contribution in [0, 0.1) is 15.5 Å². The lowest BCUT2D eigenvalue weighted by Crippen LogP contribution is -2.47. The molecule has 0 saturated carbocycles. The van der Waals surface area contributed by atoms with Crippen LogP contribution in [0.1, 0.15) is 36.2 Å². The van der Waals surface area contributed by atoms with Crippen molar-refractivity contribution in [2.45, 2.75) is 25.7 Å². The number of hydrogen-bond donors (Lipinski definition) is 1. The zero-order valence-electron chi connectivity index (χ0n) is 13.3. The van der Waals surface area contributed by atoms with Crippen molar-refractivity contribution < 1.29 is 9.72 Å². The maximum atomic E-state index is 12.6. The number of amides is 1. The van der Waals surface area contributed by atoms with Gasteiger partial charge in [0.1, 0.15) is 0 Å². The number of carbonyl (C=O) groups is 1. The summed E-state index contributed by atoms with van der Waals surface area (Å²) in [6, 6.07) is 2.95. The predicted molar refractivity (Wildman–Crippen MR) is 89.0 cm³/mol. The predicted octanol–water partition coefficient (Wildman–Crippen LogP) is 1.96. The molecule has 0 atom stereocenters. The maximum Gasteiger partial charge on any atom is 0.323 e. The Hall–Kier alpha value is -1.60. The molecule has 8 heteroatoms. The molecule has 1 amide bonds. The Labute approximate surface area is 141 Å². The average molecular weight is 343 g/mol. The number of nitrogens with one attached hydrogen (secondary N) is 1. The van der Waals surface area contributed by atoms with E-state index in [1.807, 2.05) is 4.90 Å². The van der Waals surface area contributed by atoms with E-state index in [9.17, 15) is 14.9 Å². The summed E-state index contributed by atoms with van der Waals surface area (Å²) in [5.74, 6) is -0.144. The highest BCUT2D eigenvalue weighted by molar-refractivity contribution is 5.93. The molecule has 0 unspecified atom stereocenters. The van der Waals surface area contributed by atoms with Crippen LogP contribution in [-0.2, 0) is 7.05 Å². The van der Waals surface area contributed by atoms with Crippen molar-refractivity contribution in [2.24, 2.45) is 12.5 Å². The fraction of sp³-hybridized carbons (Fsp3) is 0.667. The summed E-state index contributed by atoms with van der Waals surface area (Å²) in [6.45, 7) is 3.63. The first-order valence-corrected chi connectivity index (χ1v) is 7.83. The zero-order chi connectivity index (χ0) is 15.7. The van der Waals surface area contributed by atoms with Crippen LogP contribution in [0.3, 0.4) is 0 Å². The van der Waals surface area contributed by atoms with E-state index in [2.05, 4.69) is 5.32 Å². The third-order valence-corrected chi connectivity index (χ3v) is 5.28. The molecule has 23 heavy (non-hydrogen) atoms. The summed E-state index contributed by atoms with van der Waals surface area (Å²) in [7, 11) is 1.57. The Bertz CT molecular complexity index is 586. The molecule has 1 spiro atoms. The van der Waals surface area contributed by atoms with Gasteiger partial charge in [-0.2, -0.15) is 0 Å². The Morgan fingerprint density at radius 1 is 1.22 bits per heavy atom. The minimum absolute atomic E-state index is 0. The monoisotopic (exact) mass is 342 g/mol. The molecule has 0 aromatic carbocycles. The number of aromatic nitrogens is 1. The smallest absolute Gasteiger partial charge is 0.323 e. The highest BCUT2D eigenvalue weighted by atomic mass is 35.5. The van der Waals surface area contributed by atoms with Gasteiger partial charge < -0.3 is 20.3 Å². The highest BCUT2D eigenvalue weighted by Gasteiger charge is 2.37. The number of nitrogens with zero attached hydrogens (tertiary/aromatic N) is 3. The van der Waals surface area contributed by atoms with Crippen LogP contribution in [0.5, 0.6) is 0 Å². The van der Waals surface area contributed by atoms with E-state index in [-0.39, 0.29) is 24.1 Å². The second kappa shape index (κ2) is 6.88. The third kappa shape index (κ3) is 3.35. The Balaban J connectivity index is 0.00000192. The molecular formula is C15H23ClN4O3. The lowest BCUT2D eigenvalue weighted by Gasteiger charge is -2.44. The number of nitro groups is 1. The topological polar surface area (TPSA) is 80.4 Å². The number of carbonyl (C=O) groups excluding carboxylic acids is 1. The molecular weight excluding hydrogens is 320 g/mol. The van der Waals surface area contributed by atoms with Crippen molar-refractivity contribution in [3.05, 3.63) is 27.9 Å². The molecule has 2 fully saturated rings. The molecule has 3 rings (SSSR count). The van der Waals surface area contributed by atoms with Crippen molar-refractivity contribution in [1.82, 2.24) is 14.8 Å². The van der Waals surface area contributed by atoms with Crippen molar-refractivity contribution >= 4 is 24.1 Å². The van der Waals surface area contributed by atoms with Crippen LogP contribution in [-0.4, -0.2) is 46.5 Å². The Kier molecular flexibility index (Phi) is 5.31. The van der Waals surface area contributed by atoms with Crippen LogP contribution >= 0.6 is 12.4 Å². The van der Waals surface area contributed by atoms with Gasteiger partial charge in [-0.25, -0.2) is 4.57 Å².